The highest BCUT2D eigenvalue weighted by atomic mass is 16.3. The van der Waals surface area contributed by atoms with Crippen LogP contribution in [-0.2, 0) is 6.54 Å². The molecule has 0 aliphatic carbocycles. The van der Waals surface area contributed by atoms with Crippen molar-refractivity contribution in [2.75, 3.05) is 32.7 Å². The molecule has 1 atom stereocenters. The zero-order valence-electron chi connectivity index (χ0n) is 10.5. The summed E-state index contributed by atoms with van der Waals surface area (Å²) < 4.78 is 0. The summed E-state index contributed by atoms with van der Waals surface area (Å²) in [5.41, 5.74) is 1.39. The van der Waals surface area contributed by atoms with Crippen LogP contribution in [0.2, 0.25) is 0 Å². The van der Waals surface area contributed by atoms with Gasteiger partial charge in [-0.25, -0.2) is 0 Å². The number of benzene rings is 1. The molecule has 2 rings (SSSR count). The minimum absolute atomic E-state index is 0.212. The SMILES string of the molecule is CC(O)CN1CCN(Cc2ccccc2)CC1. The van der Waals surface area contributed by atoms with Crippen LogP contribution in [0, 0.1) is 0 Å². The van der Waals surface area contributed by atoms with Gasteiger partial charge in [-0.3, -0.25) is 9.80 Å². The number of aliphatic hydroxyl groups excluding tert-OH is 1. The molecular formula is C14H22N2O. The predicted octanol–water partition coefficient (Wildman–Crippen LogP) is 1.18. The van der Waals surface area contributed by atoms with E-state index in [9.17, 15) is 5.11 Å². The smallest absolute Gasteiger partial charge is 0.0639 e. The van der Waals surface area contributed by atoms with E-state index in [4.69, 9.17) is 0 Å². The van der Waals surface area contributed by atoms with E-state index in [1.54, 1.807) is 0 Å². The van der Waals surface area contributed by atoms with Gasteiger partial charge in [0.2, 0.25) is 0 Å². The van der Waals surface area contributed by atoms with Gasteiger partial charge in [-0.15, -0.1) is 0 Å². The molecule has 0 amide bonds. The summed E-state index contributed by atoms with van der Waals surface area (Å²) in [6.45, 7) is 8.04. The molecule has 1 N–H and O–H groups in total. The number of aliphatic hydroxyl groups is 1. The van der Waals surface area contributed by atoms with E-state index in [2.05, 4.69) is 40.1 Å². The molecule has 1 aliphatic rings. The van der Waals surface area contributed by atoms with E-state index >= 15 is 0 Å². The third-order valence-electron chi connectivity index (χ3n) is 3.24. The second kappa shape index (κ2) is 6.15. The van der Waals surface area contributed by atoms with E-state index in [-0.39, 0.29) is 6.10 Å². The molecule has 3 heteroatoms. The maximum atomic E-state index is 9.35. The van der Waals surface area contributed by atoms with Crippen LogP contribution >= 0.6 is 0 Å². The Morgan fingerprint density at radius 3 is 2.24 bits per heavy atom. The largest absolute Gasteiger partial charge is 0.392 e. The molecule has 0 bridgehead atoms. The first kappa shape index (κ1) is 12.6. The summed E-state index contributed by atoms with van der Waals surface area (Å²) in [7, 11) is 0. The molecule has 3 nitrogen and oxygen atoms in total. The molecule has 94 valence electrons. The van der Waals surface area contributed by atoms with Crippen molar-refractivity contribution in [3.05, 3.63) is 35.9 Å². The van der Waals surface area contributed by atoms with Gasteiger partial charge in [0.15, 0.2) is 0 Å². The Kier molecular flexibility index (Phi) is 4.54. The second-order valence-electron chi connectivity index (χ2n) is 4.91. The first-order valence-corrected chi connectivity index (χ1v) is 6.41. The summed E-state index contributed by atoms with van der Waals surface area (Å²) in [6.07, 6.45) is -0.212. The van der Waals surface area contributed by atoms with Crippen LogP contribution in [0.3, 0.4) is 0 Å². The minimum Gasteiger partial charge on any atom is -0.392 e. The van der Waals surface area contributed by atoms with E-state index in [1.165, 1.54) is 5.56 Å². The van der Waals surface area contributed by atoms with Crippen LogP contribution in [0.15, 0.2) is 30.3 Å². The Hall–Kier alpha value is -0.900. The minimum atomic E-state index is -0.212. The van der Waals surface area contributed by atoms with Gasteiger partial charge in [0.25, 0.3) is 0 Å². The van der Waals surface area contributed by atoms with Crippen molar-refractivity contribution >= 4 is 0 Å². The number of β-amino-alcohol motifs (C(OH)–C–C–N with tert-alkyl or cyclic N) is 1. The van der Waals surface area contributed by atoms with Crippen LogP contribution in [0.1, 0.15) is 12.5 Å². The van der Waals surface area contributed by atoms with Crippen molar-refractivity contribution in [3.8, 4) is 0 Å². The highest BCUT2D eigenvalue weighted by Crippen LogP contribution is 2.08. The summed E-state index contributed by atoms with van der Waals surface area (Å²) in [5, 5.41) is 9.35. The van der Waals surface area contributed by atoms with Crippen molar-refractivity contribution in [1.29, 1.82) is 0 Å². The monoisotopic (exact) mass is 234 g/mol. The zero-order valence-corrected chi connectivity index (χ0v) is 10.5. The fourth-order valence-electron chi connectivity index (χ4n) is 2.35. The molecule has 1 aromatic carbocycles. The first-order chi connectivity index (χ1) is 8.24. The van der Waals surface area contributed by atoms with Gasteiger partial charge in [-0.2, -0.15) is 0 Å². The molecule has 0 saturated carbocycles. The Morgan fingerprint density at radius 1 is 1.06 bits per heavy atom. The lowest BCUT2D eigenvalue weighted by molar-refractivity contribution is 0.0781. The molecule has 0 spiro atoms. The van der Waals surface area contributed by atoms with Gasteiger partial charge < -0.3 is 5.11 Å². The van der Waals surface area contributed by atoms with Gasteiger partial charge in [-0.1, -0.05) is 30.3 Å². The number of hydrogen-bond acceptors (Lipinski definition) is 3. The van der Waals surface area contributed by atoms with Crippen molar-refractivity contribution in [1.82, 2.24) is 9.80 Å². The van der Waals surface area contributed by atoms with Crippen LogP contribution < -0.4 is 0 Å². The molecule has 1 heterocycles. The number of nitrogens with zero attached hydrogens (tertiary/aromatic N) is 2. The summed E-state index contributed by atoms with van der Waals surface area (Å²) in [6, 6.07) is 10.6. The lowest BCUT2D eigenvalue weighted by Crippen LogP contribution is -2.47. The molecule has 1 aromatic rings. The molecule has 0 radical (unpaired) electrons. The molecule has 1 fully saturated rings. The average molecular weight is 234 g/mol. The van der Waals surface area contributed by atoms with E-state index in [1.807, 2.05) is 6.92 Å². The lowest BCUT2D eigenvalue weighted by atomic mass is 10.2. The number of hydrogen-bond donors (Lipinski definition) is 1. The van der Waals surface area contributed by atoms with Crippen molar-refractivity contribution in [2.45, 2.75) is 19.6 Å². The quantitative estimate of drug-likeness (QED) is 0.847. The molecule has 1 unspecified atom stereocenters. The third-order valence-corrected chi connectivity index (χ3v) is 3.24. The van der Waals surface area contributed by atoms with Gasteiger partial charge in [0, 0.05) is 39.3 Å². The maximum absolute atomic E-state index is 9.35. The van der Waals surface area contributed by atoms with Crippen LogP contribution in [-0.4, -0.2) is 53.7 Å². The highest BCUT2D eigenvalue weighted by molar-refractivity contribution is 5.14. The maximum Gasteiger partial charge on any atom is 0.0639 e. The fourth-order valence-corrected chi connectivity index (χ4v) is 2.35. The predicted molar refractivity (Wildman–Crippen MR) is 69.8 cm³/mol. The van der Waals surface area contributed by atoms with E-state index in [0.29, 0.717) is 0 Å². The van der Waals surface area contributed by atoms with E-state index < -0.39 is 0 Å². The summed E-state index contributed by atoms with van der Waals surface area (Å²) >= 11 is 0. The first-order valence-electron chi connectivity index (χ1n) is 6.41. The molecule has 1 saturated heterocycles. The molecular weight excluding hydrogens is 212 g/mol. The fraction of sp³-hybridized carbons (Fsp3) is 0.571. The van der Waals surface area contributed by atoms with Crippen LogP contribution in [0.5, 0.6) is 0 Å². The van der Waals surface area contributed by atoms with Gasteiger partial charge in [-0.05, 0) is 12.5 Å². The van der Waals surface area contributed by atoms with Gasteiger partial charge in [0.05, 0.1) is 6.10 Å². The van der Waals surface area contributed by atoms with E-state index in [0.717, 1.165) is 39.3 Å². The molecule has 1 aliphatic heterocycles. The third kappa shape index (κ3) is 4.11. The summed E-state index contributed by atoms with van der Waals surface area (Å²) in [5.74, 6) is 0. The van der Waals surface area contributed by atoms with Crippen molar-refractivity contribution < 1.29 is 5.11 Å². The Morgan fingerprint density at radius 2 is 1.65 bits per heavy atom. The molecule has 17 heavy (non-hydrogen) atoms. The number of piperazine rings is 1. The van der Waals surface area contributed by atoms with Gasteiger partial charge in [0.1, 0.15) is 0 Å². The Bertz CT molecular complexity index is 318. The van der Waals surface area contributed by atoms with Crippen molar-refractivity contribution in [3.63, 3.8) is 0 Å². The molecule has 0 aromatic heterocycles. The average Bonchev–Trinajstić information content (AvgIpc) is 2.32. The number of rotatable bonds is 4. The van der Waals surface area contributed by atoms with Crippen molar-refractivity contribution in [2.24, 2.45) is 0 Å². The van der Waals surface area contributed by atoms with Crippen LogP contribution in [0.25, 0.3) is 0 Å². The van der Waals surface area contributed by atoms with Gasteiger partial charge >= 0.3 is 0 Å². The van der Waals surface area contributed by atoms with Crippen LogP contribution in [0.4, 0.5) is 0 Å². The zero-order chi connectivity index (χ0) is 12.1. The normalized spacial score (nSPS) is 20.4. The summed E-state index contributed by atoms with van der Waals surface area (Å²) in [4.78, 5) is 4.82. The Balaban J connectivity index is 1.76. The second-order valence-corrected chi connectivity index (χ2v) is 4.91. The highest BCUT2D eigenvalue weighted by Gasteiger charge is 2.17. The standard InChI is InChI=1S/C14H22N2O/c1-13(17)11-15-7-9-16(10-8-15)12-14-5-3-2-4-6-14/h2-6,13,17H,7-12H2,1H3. The lowest BCUT2D eigenvalue weighted by Gasteiger charge is -2.35. The topological polar surface area (TPSA) is 26.7 Å². The Labute approximate surface area is 104 Å².